The normalized spacial score (nSPS) is 10.7. The van der Waals surface area contributed by atoms with Gasteiger partial charge in [-0.05, 0) is 12.8 Å². The third kappa shape index (κ3) is 3.08. The molecule has 0 saturated carbocycles. The van der Waals surface area contributed by atoms with E-state index in [1.165, 1.54) is 0 Å². The molecule has 0 spiro atoms. The Hall–Kier alpha value is -1.95. The summed E-state index contributed by atoms with van der Waals surface area (Å²) in [5.74, 6) is 2.35. The summed E-state index contributed by atoms with van der Waals surface area (Å²) in [7, 11) is 0. The van der Waals surface area contributed by atoms with E-state index in [2.05, 4.69) is 28.8 Å². The second kappa shape index (κ2) is 5.36. The van der Waals surface area contributed by atoms with Gasteiger partial charge in [-0.1, -0.05) is 26.1 Å². The zero-order valence-corrected chi connectivity index (χ0v) is 11.9. The lowest BCUT2D eigenvalue weighted by atomic mass is 10.1. The Labute approximate surface area is 116 Å². The number of nitrogen functional groups attached to an aromatic ring is 1. The van der Waals surface area contributed by atoms with Crippen LogP contribution in [0.2, 0.25) is 0 Å². The third-order valence-corrected chi connectivity index (χ3v) is 2.90. The number of aromatic amines is 1. The summed E-state index contributed by atoms with van der Waals surface area (Å²) in [5, 5.41) is 0. The van der Waals surface area contributed by atoms with Crippen molar-refractivity contribution in [3.8, 4) is 11.5 Å². The first-order valence-electron chi connectivity index (χ1n) is 5.97. The first-order valence-corrected chi connectivity index (χ1v) is 6.38. The Morgan fingerprint density at radius 1 is 1.37 bits per heavy atom. The van der Waals surface area contributed by atoms with Gasteiger partial charge in [-0.3, -0.25) is 0 Å². The van der Waals surface area contributed by atoms with Crippen LogP contribution in [0.25, 0.3) is 0 Å². The van der Waals surface area contributed by atoms with Crippen molar-refractivity contribution in [1.29, 1.82) is 0 Å². The molecule has 2 aromatic rings. The van der Waals surface area contributed by atoms with Gasteiger partial charge in [-0.25, -0.2) is 9.97 Å². The molecule has 0 aromatic carbocycles. The van der Waals surface area contributed by atoms with Crippen molar-refractivity contribution >= 4 is 18.0 Å². The molecule has 5 nitrogen and oxygen atoms in total. The maximum absolute atomic E-state index is 5.82. The van der Waals surface area contributed by atoms with Crippen molar-refractivity contribution in [3.63, 3.8) is 0 Å². The number of H-pyrrole nitrogens is 1. The van der Waals surface area contributed by atoms with Gasteiger partial charge in [-0.15, -0.1) is 0 Å². The number of nitrogens with two attached hydrogens (primary N) is 1. The molecule has 0 aliphatic heterocycles. The van der Waals surface area contributed by atoms with Gasteiger partial charge in [0.15, 0.2) is 11.6 Å². The number of aryl methyl sites for hydroxylation is 1. The van der Waals surface area contributed by atoms with Crippen LogP contribution in [0.4, 0.5) is 5.82 Å². The molecule has 0 radical (unpaired) electrons. The zero-order chi connectivity index (χ0) is 14.0. The van der Waals surface area contributed by atoms with E-state index in [1.54, 1.807) is 19.2 Å². The highest BCUT2D eigenvalue weighted by Gasteiger charge is 2.11. The van der Waals surface area contributed by atoms with Gasteiger partial charge in [0.05, 0.1) is 6.20 Å². The second-order valence-electron chi connectivity index (χ2n) is 4.54. The molecule has 6 heteroatoms. The number of pyridine rings is 1. The standard InChI is InChI=1S/C13H16N4OS/c1-7(2)9-5-16-12(19)4-10(9)18-11-6-15-8(3)17-13(11)14/h4-7H,1-3H3,(H,16,19)(H2,14,15,17). The predicted octanol–water partition coefficient (Wildman–Crippen LogP) is 3.34. The van der Waals surface area contributed by atoms with Gasteiger partial charge in [0.2, 0.25) is 0 Å². The first kappa shape index (κ1) is 13.5. The van der Waals surface area contributed by atoms with E-state index in [1.807, 2.05) is 6.20 Å². The molecular weight excluding hydrogens is 260 g/mol. The number of nitrogens with one attached hydrogen (secondary N) is 1. The van der Waals surface area contributed by atoms with Crippen molar-refractivity contribution in [3.05, 3.63) is 34.5 Å². The average molecular weight is 276 g/mol. The molecule has 0 atom stereocenters. The maximum atomic E-state index is 5.82. The first-order chi connectivity index (χ1) is 8.97. The highest BCUT2D eigenvalue weighted by Crippen LogP contribution is 2.31. The van der Waals surface area contributed by atoms with Crippen LogP contribution in [0.5, 0.6) is 11.5 Å². The highest BCUT2D eigenvalue weighted by molar-refractivity contribution is 7.71. The van der Waals surface area contributed by atoms with Crippen molar-refractivity contribution < 1.29 is 4.74 Å². The van der Waals surface area contributed by atoms with Gasteiger partial charge in [0, 0.05) is 17.8 Å². The molecule has 0 saturated heterocycles. The van der Waals surface area contributed by atoms with Crippen molar-refractivity contribution in [2.75, 3.05) is 5.73 Å². The summed E-state index contributed by atoms with van der Waals surface area (Å²) < 4.78 is 6.40. The molecular formula is C13H16N4OS. The summed E-state index contributed by atoms with van der Waals surface area (Å²) in [4.78, 5) is 11.2. The van der Waals surface area contributed by atoms with E-state index in [0.29, 0.717) is 33.7 Å². The Bertz CT molecular complexity index is 651. The van der Waals surface area contributed by atoms with Crippen LogP contribution in [-0.2, 0) is 0 Å². The van der Waals surface area contributed by atoms with Crippen LogP contribution in [-0.4, -0.2) is 15.0 Å². The highest BCUT2D eigenvalue weighted by atomic mass is 32.1. The molecule has 3 N–H and O–H groups in total. The molecule has 2 heterocycles. The number of ether oxygens (including phenoxy) is 1. The largest absolute Gasteiger partial charge is 0.451 e. The van der Waals surface area contributed by atoms with Crippen LogP contribution in [0.1, 0.15) is 31.2 Å². The lowest BCUT2D eigenvalue weighted by molar-refractivity contribution is 0.469. The summed E-state index contributed by atoms with van der Waals surface area (Å²) >= 11 is 5.12. The van der Waals surface area contributed by atoms with Crippen LogP contribution < -0.4 is 10.5 Å². The molecule has 2 aromatic heterocycles. The monoisotopic (exact) mass is 276 g/mol. The van der Waals surface area contributed by atoms with Crippen LogP contribution >= 0.6 is 12.2 Å². The molecule has 0 unspecified atom stereocenters. The van der Waals surface area contributed by atoms with E-state index in [4.69, 9.17) is 22.7 Å². The molecule has 0 amide bonds. The van der Waals surface area contributed by atoms with Gasteiger partial charge in [-0.2, -0.15) is 0 Å². The lowest BCUT2D eigenvalue weighted by Crippen LogP contribution is -2.01. The summed E-state index contributed by atoms with van der Waals surface area (Å²) in [6.07, 6.45) is 3.43. The molecule has 0 aliphatic carbocycles. The number of anilines is 1. The minimum absolute atomic E-state index is 0.300. The topological polar surface area (TPSA) is 76.8 Å². The average Bonchev–Trinajstić information content (AvgIpc) is 2.32. The molecule has 100 valence electrons. The molecule has 0 aliphatic rings. The summed E-state index contributed by atoms with van der Waals surface area (Å²) in [5.41, 5.74) is 6.85. The Balaban J connectivity index is 2.42. The van der Waals surface area contributed by atoms with Gasteiger partial charge in [0.25, 0.3) is 0 Å². The van der Waals surface area contributed by atoms with Gasteiger partial charge >= 0.3 is 0 Å². The lowest BCUT2D eigenvalue weighted by Gasteiger charge is -2.14. The summed E-state index contributed by atoms with van der Waals surface area (Å²) in [6.45, 7) is 5.93. The van der Waals surface area contributed by atoms with E-state index in [-0.39, 0.29) is 0 Å². The van der Waals surface area contributed by atoms with E-state index >= 15 is 0 Å². The van der Waals surface area contributed by atoms with Crippen molar-refractivity contribution in [1.82, 2.24) is 15.0 Å². The fourth-order valence-electron chi connectivity index (χ4n) is 1.68. The van der Waals surface area contributed by atoms with Crippen LogP contribution in [0.3, 0.4) is 0 Å². The smallest absolute Gasteiger partial charge is 0.187 e. The van der Waals surface area contributed by atoms with Gasteiger partial charge in [0.1, 0.15) is 16.2 Å². The molecule has 0 bridgehead atoms. The van der Waals surface area contributed by atoms with E-state index in [9.17, 15) is 0 Å². The predicted molar refractivity (Wildman–Crippen MR) is 77.0 cm³/mol. The number of rotatable bonds is 3. The minimum Gasteiger partial charge on any atom is -0.451 e. The number of hydrogen-bond acceptors (Lipinski definition) is 5. The summed E-state index contributed by atoms with van der Waals surface area (Å²) in [6, 6.07) is 1.77. The number of hydrogen-bond donors (Lipinski definition) is 2. The number of aromatic nitrogens is 3. The van der Waals surface area contributed by atoms with Crippen LogP contribution in [0.15, 0.2) is 18.5 Å². The fourth-order valence-corrected chi connectivity index (χ4v) is 1.84. The van der Waals surface area contributed by atoms with E-state index in [0.717, 1.165) is 5.56 Å². The minimum atomic E-state index is 0.300. The Morgan fingerprint density at radius 2 is 2.11 bits per heavy atom. The van der Waals surface area contributed by atoms with E-state index < -0.39 is 0 Å². The fraction of sp³-hybridized carbons (Fsp3) is 0.308. The number of nitrogens with zero attached hydrogens (tertiary/aromatic N) is 2. The third-order valence-electron chi connectivity index (χ3n) is 2.66. The van der Waals surface area contributed by atoms with Gasteiger partial charge < -0.3 is 15.5 Å². The van der Waals surface area contributed by atoms with Crippen molar-refractivity contribution in [2.24, 2.45) is 0 Å². The zero-order valence-electron chi connectivity index (χ0n) is 11.1. The van der Waals surface area contributed by atoms with Crippen LogP contribution in [0, 0.1) is 11.6 Å². The maximum Gasteiger partial charge on any atom is 0.187 e. The Morgan fingerprint density at radius 3 is 2.74 bits per heavy atom. The quantitative estimate of drug-likeness (QED) is 0.841. The SMILES string of the molecule is Cc1ncc(Oc2cc(=S)[nH]cc2C(C)C)c(N)n1. The van der Waals surface area contributed by atoms with Crippen molar-refractivity contribution in [2.45, 2.75) is 26.7 Å². The molecule has 19 heavy (non-hydrogen) atoms. The molecule has 0 fully saturated rings. The Kier molecular flexibility index (Phi) is 3.80. The molecule has 2 rings (SSSR count). The second-order valence-corrected chi connectivity index (χ2v) is 4.98.